The molecule has 1 amide bonds. The number of nitrogens with one attached hydrogen (secondary N) is 2. The fourth-order valence-electron chi connectivity index (χ4n) is 4.22. The monoisotopic (exact) mass is 559 g/mol. The smallest absolute Gasteiger partial charge is 0.407 e. The first-order valence-electron chi connectivity index (χ1n) is 11.1. The van der Waals surface area contributed by atoms with Crippen molar-refractivity contribution >= 4 is 41.7 Å². The predicted octanol–water partition coefficient (Wildman–Crippen LogP) is 3.31. The molecular formula is C23H38IN5O3. The molecule has 0 aromatic heterocycles. The summed E-state index contributed by atoms with van der Waals surface area (Å²) in [7, 11) is 3.53. The molecule has 2 aliphatic rings. The summed E-state index contributed by atoms with van der Waals surface area (Å²) in [5, 5.41) is 6.51. The molecule has 2 heterocycles. The van der Waals surface area contributed by atoms with Gasteiger partial charge in [0.25, 0.3) is 0 Å². The summed E-state index contributed by atoms with van der Waals surface area (Å²) >= 11 is 0. The van der Waals surface area contributed by atoms with Gasteiger partial charge in [0.05, 0.1) is 18.8 Å². The third-order valence-corrected chi connectivity index (χ3v) is 5.68. The largest absolute Gasteiger partial charge is 0.495 e. The lowest BCUT2D eigenvalue weighted by atomic mass is 10.1. The van der Waals surface area contributed by atoms with Crippen molar-refractivity contribution in [3.8, 4) is 5.75 Å². The molecule has 2 fully saturated rings. The number of benzene rings is 1. The van der Waals surface area contributed by atoms with Gasteiger partial charge in [-0.3, -0.25) is 4.99 Å². The van der Waals surface area contributed by atoms with Crippen LogP contribution in [0.5, 0.6) is 5.75 Å². The molecule has 2 saturated heterocycles. The molecule has 0 aliphatic carbocycles. The van der Waals surface area contributed by atoms with E-state index >= 15 is 0 Å². The van der Waals surface area contributed by atoms with Crippen molar-refractivity contribution in [2.75, 3.05) is 51.8 Å². The van der Waals surface area contributed by atoms with Crippen LogP contribution in [-0.4, -0.2) is 75.5 Å². The zero-order valence-corrected chi connectivity index (χ0v) is 22.2. The Labute approximate surface area is 209 Å². The lowest BCUT2D eigenvalue weighted by Gasteiger charge is -2.24. The van der Waals surface area contributed by atoms with Crippen molar-refractivity contribution in [3.63, 3.8) is 0 Å². The number of para-hydroxylation sites is 2. The number of guanidine groups is 1. The molecule has 32 heavy (non-hydrogen) atoms. The van der Waals surface area contributed by atoms with Crippen molar-refractivity contribution in [1.82, 2.24) is 15.5 Å². The van der Waals surface area contributed by atoms with Crippen LogP contribution >= 0.6 is 24.0 Å². The maximum Gasteiger partial charge on any atom is 0.407 e. The van der Waals surface area contributed by atoms with Gasteiger partial charge in [-0.15, -0.1) is 24.0 Å². The molecule has 1 aromatic rings. The van der Waals surface area contributed by atoms with Gasteiger partial charge in [0.1, 0.15) is 11.4 Å². The Morgan fingerprint density at radius 3 is 2.62 bits per heavy atom. The van der Waals surface area contributed by atoms with E-state index in [2.05, 4.69) is 37.6 Å². The number of amides is 1. The molecule has 0 radical (unpaired) electrons. The number of hydrogen-bond donors (Lipinski definition) is 2. The van der Waals surface area contributed by atoms with Crippen LogP contribution in [0.4, 0.5) is 10.5 Å². The number of ether oxygens (including phenoxy) is 2. The Kier molecular flexibility index (Phi) is 9.72. The first kappa shape index (κ1) is 26.3. The zero-order valence-electron chi connectivity index (χ0n) is 19.9. The van der Waals surface area contributed by atoms with E-state index in [0.717, 1.165) is 63.0 Å². The third kappa shape index (κ3) is 7.31. The van der Waals surface area contributed by atoms with Gasteiger partial charge >= 0.3 is 6.09 Å². The van der Waals surface area contributed by atoms with Gasteiger partial charge in [0, 0.05) is 39.8 Å². The fraction of sp³-hybridized carbons (Fsp3) is 0.652. The average Bonchev–Trinajstić information content (AvgIpc) is 3.37. The minimum atomic E-state index is -0.487. The summed E-state index contributed by atoms with van der Waals surface area (Å²) in [5.41, 5.74) is 0.673. The van der Waals surface area contributed by atoms with Crippen LogP contribution in [0, 0.1) is 5.92 Å². The summed E-state index contributed by atoms with van der Waals surface area (Å²) in [6.45, 7) is 10.1. The predicted molar refractivity (Wildman–Crippen MR) is 139 cm³/mol. The number of rotatable bonds is 5. The fourth-order valence-corrected chi connectivity index (χ4v) is 4.22. The van der Waals surface area contributed by atoms with Crippen LogP contribution in [-0.2, 0) is 4.74 Å². The van der Waals surface area contributed by atoms with Gasteiger partial charge in [-0.1, -0.05) is 12.1 Å². The van der Waals surface area contributed by atoms with Crippen LogP contribution in [0.25, 0.3) is 0 Å². The van der Waals surface area contributed by atoms with Crippen molar-refractivity contribution < 1.29 is 14.3 Å². The molecule has 2 atom stereocenters. The summed E-state index contributed by atoms with van der Waals surface area (Å²) < 4.78 is 10.9. The number of carbonyl (C=O) groups is 1. The number of aliphatic imine (C=N–C) groups is 1. The Hall–Kier alpha value is -1.91. The second-order valence-electron chi connectivity index (χ2n) is 9.28. The normalized spacial score (nSPS) is 21.2. The first-order chi connectivity index (χ1) is 14.8. The maximum absolute atomic E-state index is 12.0. The number of carbonyl (C=O) groups excluding carboxylic acids is 1. The van der Waals surface area contributed by atoms with Crippen LogP contribution in [0.1, 0.15) is 33.6 Å². The first-order valence-corrected chi connectivity index (χ1v) is 11.1. The molecule has 2 N–H and O–H groups in total. The standard InChI is InChI=1S/C23H37N5O3.HI/c1-23(2,3)31-22(29)26-18-11-13-28(16-18)21(24-4)25-14-17-10-12-27(15-17)19-8-6-7-9-20(19)30-5;/h6-9,17-18H,10-16H2,1-5H3,(H,24,25)(H,26,29);1H. The molecule has 0 bridgehead atoms. The minimum absolute atomic E-state index is 0. The zero-order chi connectivity index (χ0) is 22.4. The van der Waals surface area contributed by atoms with Crippen LogP contribution in [0.2, 0.25) is 0 Å². The molecular weight excluding hydrogens is 521 g/mol. The molecule has 3 rings (SSSR count). The molecule has 180 valence electrons. The quantitative estimate of drug-likeness (QED) is 0.328. The maximum atomic E-state index is 12.0. The van der Waals surface area contributed by atoms with Crippen molar-refractivity contribution in [1.29, 1.82) is 0 Å². The number of hydrogen-bond acceptors (Lipinski definition) is 5. The lowest BCUT2D eigenvalue weighted by molar-refractivity contribution is 0.0507. The van der Waals surface area contributed by atoms with E-state index in [-0.39, 0.29) is 36.1 Å². The molecule has 1 aromatic carbocycles. The molecule has 2 aliphatic heterocycles. The minimum Gasteiger partial charge on any atom is -0.495 e. The van der Waals surface area contributed by atoms with Gasteiger partial charge in [-0.2, -0.15) is 0 Å². The van der Waals surface area contributed by atoms with E-state index < -0.39 is 5.60 Å². The van der Waals surface area contributed by atoms with Gasteiger partial charge in [0.15, 0.2) is 5.96 Å². The highest BCUT2D eigenvalue weighted by molar-refractivity contribution is 14.0. The highest BCUT2D eigenvalue weighted by Crippen LogP contribution is 2.31. The SMILES string of the molecule is CN=C(NCC1CCN(c2ccccc2OC)C1)N1CCC(NC(=O)OC(C)(C)C)C1.I. The topological polar surface area (TPSA) is 78.4 Å². The molecule has 0 spiro atoms. The summed E-state index contributed by atoms with van der Waals surface area (Å²) in [6, 6.07) is 8.26. The Morgan fingerprint density at radius 2 is 1.94 bits per heavy atom. The highest BCUT2D eigenvalue weighted by Gasteiger charge is 2.29. The van der Waals surface area contributed by atoms with Gasteiger partial charge in [-0.05, 0) is 51.7 Å². The Morgan fingerprint density at radius 1 is 1.19 bits per heavy atom. The number of alkyl carbamates (subject to hydrolysis) is 1. The second-order valence-corrected chi connectivity index (χ2v) is 9.28. The van der Waals surface area contributed by atoms with Crippen molar-refractivity contribution in [3.05, 3.63) is 24.3 Å². The molecule has 9 heteroatoms. The van der Waals surface area contributed by atoms with E-state index in [1.54, 1.807) is 7.11 Å². The number of anilines is 1. The number of methoxy groups -OCH3 is 1. The van der Waals surface area contributed by atoms with Crippen LogP contribution in [0.15, 0.2) is 29.3 Å². The van der Waals surface area contributed by atoms with E-state index in [1.165, 1.54) is 0 Å². The van der Waals surface area contributed by atoms with Crippen LogP contribution < -0.4 is 20.3 Å². The van der Waals surface area contributed by atoms with Gasteiger partial charge in [0.2, 0.25) is 0 Å². The van der Waals surface area contributed by atoms with Crippen LogP contribution in [0.3, 0.4) is 0 Å². The second kappa shape index (κ2) is 11.8. The van der Waals surface area contributed by atoms with E-state index in [9.17, 15) is 4.79 Å². The van der Waals surface area contributed by atoms with Crippen molar-refractivity contribution in [2.45, 2.75) is 45.3 Å². The molecule has 8 nitrogen and oxygen atoms in total. The summed E-state index contributed by atoms with van der Waals surface area (Å²) in [6.07, 6.45) is 1.65. The summed E-state index contributed by atoms with van der Waals surface area (Å²) in [4.78, 5) is 21.1. The highest BCUT2D eigenvalue weighted by atomic mass is 127. The number of halogens is 1. The Balaban J connectivity index is 0.00000363. The lowest BCUT2D eigenvalue weighted by Crippen LogP contribution is -2.45. The van der Waals surface area contributed by atoms with E-state index in [0.29, 0.717) is 5.92 Å². The van der Waals surface area contributed by atoms with Gasteiger partial charge in [-0.25, -0.2) is 4.79 Å². The van der Waals surface area contributed by atoms with E-state index in [4.69, 9.17) is 9.47 Å². The molecule has 0 saturated carbocycles. The average molecular weight is 559 g/mol. The van der Waals surface area contributed by atoms with E-state index in [1.807, 2.05) is 40.0 Å². The number of nitrogens with zero attached hydrogens (tertiary/aromatic N) is 3. The number of likely N-dealkylation sites (tertiary alicyclic amines) is 1. The molecule has 2 unspecified atom stereocenters. The van der Waals surface area contributed by atoms with Gasteiger partial charge < -0.3 is 29.9 Å². The summed E-state index contributed by atoms with van der Waals surface area (Å²) in [5.74, 6) is 2.36. The Bertz CT molecular complexity index is 783. The van der Waals surface area contributed by atoms with Crippen molar-refractivity contribution in [2.24, 2.45) is 10.9 Å². The third-order valence-electron chi connectivity index (χ3n) is 5.68.